The van der Waals surface area contributed by atoms with Crippen molar-refractivity contribution >= 4 is 34.1 Å². The Hall–Kier alpha value is -1.22. The number of carbonyl (C=O) groups is 1. The van der Waals surface area contributed by atoms with E-state index in [4.69, 9.17) is 0 Å². The van der Waals surface area contributed by atoms with Gasteiger partial charge in [0.2, 0.25) is 5.91 Å². The van der Waals surface area contributed by atoms with Crippen LogP contribution in [0.5, 0.6) is 0 Å². The lowest BCUT2D eigenvalue weighted by Crippen LogP contribution is -2.23. The molecule has 4 nitrogen and oxygen atoms in total. The Morgan fingerprint density at radius 1 is 1.22 bits per heavy atom. The van der Waals surface area contributed by atoms with Gasteiger partial charge in [0.1, 0.15) is 0 Å². The zero-order chi connectivity index (χ0) is 14.0. The van der Waals surface area contributed by atoms with Crippen molar-refractivity contribution in [2.45, 2.75) is 10.4 Å². The molecular formula is C9H8F3NO3S2. The summed E-state index contributed by atoms with van der Waals surface area (Å²) in [4.78, 5) is 10.1. The van der Waals surface area contributed by atoms with Gasteiger partial charge in [-0.15, -0.1) is 0 Å². The summed E-state index contributed by atoms with van der Waals surface area (Å²) >= 11 is 3.69. The maximum absolute atomic E-state index is 12.2. The minimum absolute atomic E-state index is 0.0946. The van der Waals surface area contributed by atoms with Gasteiger partial charge in [-0.1, -0.05) is 0 Å². The third-order valence-electron chi connectivity index (χ3n) is 1.90. The van der Waals surface area contributed by atoms with Crippen LogP contribution in [-0.4, -0.2) is 25.6 Å². The maximum Gasteiger partial charge on any atom is 0.501 e. The van der Waals surface area contributed by atoms with Crippen molar-refractivity contribution in [2.75, 3.05) is 11.1 Å². The molecular weight excluding hydrogens is 291 g/mol. The van der Waals surface area contributed by atoms with Gasteiger partial charge in [0.05, 0.1) is 10.6 Å². The van der Waals surface area contributed by atoms with Crippen LogP contribution in [0.4, 0.5) is 18.9 Å². The maximum atomic E-state index is 12.2. The Balaban J connectivity index is 3.01. The predicted molar refractivity (Wildman–Crippen MR) is 62.2 cm³/mol. The third kappa shape index (κ3) is 3.16. The molecule has 9 heteroatoms. The highest BCUT2D eigenvalue weighted by Gasteiger charge is 2.46. The molecule has 1 rings (SSSR count). The molecule has 0 heterocycles. The van der Waals surface area contributed by atoms with Crippen LogP contribution < -0.4 is 5.32 Å². The van der Waals surface area contributed by atoms with Crippen molar-refractivity contribution in [1.29, 1.82) is 0 Å². The zero-order valence-corrected chi connectivity index (χ0v) is 10.4. The van der Waals surface area contributed by atoms with E-state index >= 15 is 0 Å². The summed E-state index contributed by atoms with van der Waals surface area (Å²) in [6, 6.07) is 3.69. The monoisotopic (exact) mass is 299 g/mol. The average molecular weight is 299 g/mol. The number of amides is 1. The highest BCUT2D eigenvalue weighted by molar-refractivity contribution is 7.92. The van der Waals surface area contributed by atoms with Gasteiger partial charge in [-0.05, 0) is 24.3 Å². The van der Waals surface area contributed by atoms with E-state index in [1.54, 1.807) is 0 Å². The molecule has 0 fully saturated rings. The first-order valence-corrected chi connectivity index (χ1v) is 6.62. The van der Waals surface area contributed by atoms with Crippen LogP contribution in [-0.2, 0) is 14.6 Å². The highest BCUT2D eigenvalue weighted by Crippen LogP contribution is 2.30. The predicted octanol–water partition coefficient (Wildman–Crippen LogP) is 1.85. The summed E-state index contributed by atoms with van der Waals surface area (Å²) < 4.78 is 58.7. The topological polar surface area (TPSA) is 63.2 Å². The molecule has 0 atom stereocenters. The van der Waals surface area contributed by atoms with Gasteiger partial charge < -0.3 is 5.32 Å². The highest BCUT2D eigenvalue weighted by atomic mass is 32.2. The number of anilines is 1. The Morgan fingerprint density at radius 3 is 2.11 bits per heavy atom. The number of thiol groups is 1. The van der Waals surface area contributed by atoms with Crippen molar-refractivity contribution in [2.24, 2.45) is 0 Å². The number of carbonyl (C=O) groups excluding carboxylic acids is 1. The van der Waals surface area contributed by atoms with Gasteiger partial charge in [0.25, 0.3) is 9.84 Å². The molecule has 0 aromatic heterocycles. The number of nitrogens with one attached hydrogen (secondary N) is 1. The van der Waals surface area contributed by atoms with Crippen molar-refractivity contribution in [3.05, 3.63) is 24.3 Å². The second-order valence-electron chi connectivity index (χ2n) is 3.18. The van der Waals surface area contributed by atoms with Crippen LogP contribution in [0.2, 0.25) is 0 Å². The van der Waals surface area contributed by atoms with Crippen molar-refractivity contribution in [3.63, 3.8) is 0 Å². The van der Waals surface area contributed by atoms with E-state index in [1.165, 1.54) is 0 Å². The number of halogens is 3. The van der Waals surface area contributed by atoms with E-state index in [9.17, 15) is 26.4 Å². The summed E-state index contributed by atoms with van der Waals surface area (Å²) in [6.45, 7) is 0. The van der Waals surface area contributed by atoms with Gasteiger partial charge in [-0.2, -0.15) is 25.8 Å². The Kier molecular flexibility index (Phi) is 4.28. The second kappa shape index (κ2) is 5.19. The molecule has 18 heavy (non-hydrogen) atoms. The smallest absolute Gasteiger partial charge is 0.325 e. The molecule has 0 aliphatic rings. The van der Waals surface area contributed by atoms with Crippen LogP contribution in [0, 0.1) is 0 Å². The fourth-order valence-electron chi connectivity index (χ4n) is 1.05. The van der Waals surface area contributed by atoms with Crippen LogP contribution >= 0.6 is 12.6 Å². The lowest BCUT2D eigenvalue weighted by atomic mass is 10.3. The minimum atomic E-state index is -5.36. The van der Waals surface area contributed by atoms with Gasteiger partial charge in [0.15, 0.2) is 0 Å². The number of sulfone groups is 1. The molecule has 0 saturated carbocycles. The summed E-state index contributed by atoms with van der Waals surface area (Å²) in [5.74, 6) is -0.549. The SMILES string of the molecule is O=C(CS)Nc1ccc(S(=O)(=O)C(F)(F)F)cc1. The molecule has 0 unspecified atom stereocenters. The first-order valence-electron chi connectivity index (χ1n) is 4.50. The largest absolute Gasteiger partial charge is 0.501 e. The Morgan fingerprint density at radius 2 is 1.72 bits per heavy atom. The molecule has 100 valence electrons. The Bertz CT molecular complexity index is 537. The fraction of sp³-hybridized carbons (Fsp3) is 0.222. The van der Waals surface area contributed by atoms with Crippen LogP contribution in [0.15, 0.2) is 29.2 Å². The standard InChI is InChI=1S/C9H8F3NO3S2/c10-9(11,12)18(15,16)7-3-1-6(2-4-7)13-8(14)5-17/h1-4,17H,5H2,(H,13,14). The van der Waals surface area contributed by atoms with Crippen LogP contribution in [0.1, 0.15) is 0 Å². The number of alkyl halides is 3. The average Bonchev–Trinajstić information content (AvgIpc) is 2.28. The van der Waals surface area contributed by atoms with E-state index in [2.05, 4.69) is 17.9 Å². The fourth-order valence-corrected chi connectivity index (χ4v) is 1.89. The van der Waals surface area contributed by atoms with E-state index < -0.39 is 26.1 Å². The Labute approximate surface area is 107 Å². The molecule has 1 N–H and O–H groups in total. The molecule has 1 aromatic carbocycles. The normalized spacial score (nSPS) is 12.2. The second-order valence-corrected chi connectivity index (χ2v) is 5.44. The van der Waals surface area contributed by atoms with Crippen molar-refractivity contribution < 1.29 is 26.4 Å². The van der Waals surface area contributed by atoms with Crippen molar-refractivity contribution in [3.8, 4) is 0 Å². The molecule has 0 aliphatic heterocycles. The van der Waals surface area contributed by atoms with E-state index in [0.717, 1.165) is 24.3 Å². The van der Waals surface area contributed by atoms with Gasteiger partial charge >= 0.3 is 5.51 Å². The molecule has 0 saturated heterocycles. The van der Waals surface area contributed by atoms with Crippen LogP contribution in [0.3, 0.4) is 0 Å². The molecule has 0 spiro atoms. The molecule has 0 bridgehead atoms. The van der Waals surface area contributed by atoms with E-state index in [-0.39, 0.29) is 11.4 Å². The first kappa shape index (κ1) is 14.8. The quantitative estimate of drug-likeness (QED) is 0.837. The van der Waals surface area contributed by atoms with Crippen LogP contribution in [0.25, 0.3) is 0 Å². The lowest BCUT2D eigenvalue weighted by molar-refractivity contribution is -0.113. The minimum Gasteiger partial charge on any atom is -0.325 e. The first-order chi connectivity index (χ1) is 8.18. The van der Waals surface area contributed by atoms with Gasteiger partial charge in [-0.25, -0.2) is 8.42 Å². The molecule has 1 amide bonds. The number of benzene rings is 1. The third-order valence-corrected chi connectivity index (χ3v) is 3.69. The number of hydrogen-bond acceptors (Lipinski definition) is 4. The molecule has 0 radical (unpaired) electrons. The van der Waals surface area contributed by atoms with E-state index in [1.807, 2.05) is 0 Å². The molecule has 1 aromatic rings. The van der Waals surface area contributed by atoms with Gasteiger partial charge in [-0.3, -0.25) is 4.79 Å². The molecule has 0 aliphatic carbocycles. The summed E-state index contributed by atoms with van der Waals surface area (Å²) in [6.07, 6.45) is 0. The van der Waals surface area contributed by atoms with Crippen molar-refractivity contribution in [1.82, 2.24) is 0 Å². The summed E-state index contributed by atoms with van der Waals surface area (Å²) in [5.41, 5.74) is -5.15. The number of rotatable bonds is 3. The van der Waals surface area contributed by atoms with Gasteiger partial charge in [0, 0.05) is 5.69 Å². The lowest BCUT2D eigenvalue weighted by Gasteiger charge is -2.09. The zero-order valence-electron chi connectivity index (χ0n) is 8.73. The summed E-state index contributed by atoms with van der Waals surface area (Å²) in [5, 5.41) is 2.32. The number of hydrogen-bond donors (Lipinski definition) is 2. The van der Waals surface area contributed by atoms with E-state index in [0.29, 0.717) is 0 Å². The summed E-state index contributed by atoms with van der Waals surface area (Å²) in [7, 11) is -5.36.